The molecule has 0 fully saturated rings. The minimum Gasteiger partial charge on any atom is -0.350 e. The van der Waals surface area contributed by atoms with Crippen LogP contribution in [0.5, 0.6) is 0 Å². The number of hydrazine groups is 1. The van der Waals surface area contributed by atoms with Crippen molar-refractivity contribution in [3.8, 4) is 0 Å². The van der Waals surface area contributed by atoms with Crippen molar-refractivity contribution < 1.29 is 4.79 Å². The molecule has 0 heterocycles. The van der Waals surface area contributed by atoms with Crippen LogP contribution in [0.1, 0.15) is 0 Å². The van der Waals surface area contributed by atoms with E-state index in [0.29, 0.717) is 5.02 Å². The Hall–Kier alpha value is -1.53. The van der Waals surface area contributed by atoms with E-state index in [0.717, 1.165) is 5.69 Å². The molecule has 0 unspecified atom stereocenters. The number of rotatable bonds is 1. The fourth-order valence-electron chi connectivity index (χ4n) is 0.814. The van der Waals surface area contributed by atoms with Gasteiger partial charge in [-0.1, -0.05) is 11.6 Å². The van der Waals surface area contributed by atoms with E-state index in [4.69, 9.17) is 29.6 Å². The number of nitrogens with two attached hydrogens (primary N) is 1. The zero-order valence-electron chi connectivity index (χ0n) is 7.58. The number of hydrogen-bond donors (Lipinski definition) is 4. The van der Waals surface area contributed by atoms with Crippen molar-refractivity contribution in [3.05, 3.63) is 29.3 Å². The lowest BCUT2D eigenvalue weighted by atomic mass is 10.3. The molecule has 0 radical (unpaired) electrons. The third-order valence-corrected chi connectivity index (χ3v) is 1.86. The topological polar surface area (TPSA) is 79.2 Å². The molecule has 5 nitrogen and oxygen atoms in total. The van der Waals surface area contributed by atoms with Crippen molar-refractivity contribution in [2.75, 3.05) is 5.32 Å². The maximum Gasteiger partial charge on any atom is 0.330 e. The van der Waals surface area contributed by atoms with Gasteiger partial charge in [-0.3, -0.25) is 5.43 Å². The van der Waals surface area contributed by atoms with Crippen LogP contribution in [0.2, 0.25) is 5.02 Å². The quantitative estimate of drug-likeness (QED) is 0.442. The van der Waals surface area contributed by atoms with Gasteiger partial charge in [0, 0.05) is 10.7 Å². The fourth-order valence-corrected chi connectivity index (χ4v) is 1.11. The van der Waals surface area contributed by atoms with Crippen LogP contribution in [0.4, 0.5) is 10.5 Å². The Morgan fingerprint density at radius 1 is 1.27 bits per heavy atom. The Morgan fingerprint density at radius 3 is 2.40 bits per heavy atom. The molecule has 15 heavy (non-hydrogen) atoms. The van der Waals surface area contributed by atoms with Crippen LogP contribution in [0.15, 0.2) is 24.3 Å². The number of urea groups is 1. The molecule has 0 saturated heterocycles. The first-order valence-corrected chi connectivity index (χ1v) is 4.74. The van der Waals surface area contributed by atoms with E-state index < -0.39 is 6.03 Å². The number of nitrogens with one attached hydrogen (secondary N) is 3. The van der Waals surface area contributed by atoms with Crippen molar-refractivity contribution in [1.29, 1.82) is 0 Å². The largest absolute Gasteiger partial charge is 0.350 e. The van der Waals surface area contributed by atoms with Gasteiger partial charge in [-0.2, -0.15) is 0 Å². The van der Waals surface area contributed by atoms with Gasteiger partial charge in [0.2, 0.25) is 0 Å². The molecule has 0 aliphatic heterocycles. The van der Waals surface area contributed by atoms with E-state index in [2.05, 4.69) is 16.2 Å². The maximum atomic E-state index is 10.3. The van der Waals surface area contributed by atoms with Crippen LogP contribution >= 0.6 is 23.8 Å². The third-order valence-electron chi connectivity index (χ3n) is 1.40. The smallest absolute Gasteiger partial charge is 0.330 e. The predicted octanol–water partition coefficient (Wildman–Crippen LogP) is 1.21. The highest BCUT2D eigenvalue weighted by Crippen LogP contribution is 2.12. The predicted molar refractivity (Wildman–Crippen MR) is 63.5 cm³/mol. The van der Waals surface area contributed by atoms with Crippen LogP contribution in [0.25, 0.3) is 0 Å². The van der Waals surface area contributed by atoms with Crippen LogP contribution in [0.3, 0.4) is 0 Å². The number of thiocarbonyl (C=S) groups is 1. The highest BCUT2D eigenvalue weighted by atomic mass is 35.5. The zero-order chi connectivity index (χ0) is 11.3. The SMILES string of the molecule is NC(=O)NNC(=S)Nc1ccc(Cl)cc1. The van der Waals surface area contributed by atoms with Crippen LogP contribution < -0.4 is 21.9 Å². The Kier molecular flexibility index (Phi) is 4.14. The summed E-state index contributed by atoms with van der Waals surface area (Å²) in [6.45, 7) is 0. The van der Waals surface area contributed by atoms with Crippen LogP contribution in [0, 0.1) is 0 Å². The van der Waals surface area contributed by atoms with E-state index in [9.17, 15) is 4.79 Å². The van der Waals surface area contributed by atoms with Gasteiger partial charge in [0.15, 0.2) is 5.11 Å². The maximum absolute atomic E-state index is 10.3. The second-order valence-corrected chi connectivity index (χ2v) is 3.42. The summed E-state index contributed by atoms with van der Waals surface area (Å²) >= 11 is 10.6. The standard InChI is InChI=1S/C8H9ClN4OS/c9-5-1-3-6(4-2-5)11-8(15)13-12-7(10)14/h1-4H,(H3,10,12,14)(H2,11,13,15). The number of anilines is 1. The third kappa shape index (κ3) is 4.48. The van der Waals surface area contributed by atoms with Gasteiger partial charge >= 0.3 is 6.03 Å². The van der Waals surface area contributed by atoms with Crippen molar-refractivity contribution in [3.63, 3.8) is 0 Å². The summed E-state index contributed by atoms with van der Waals surface area (Å²) < 4.78 is 0. The van der Waals surface area contributed by atoms with E-state index >= 15 is 0 Å². The van der Waals surface area contributed by atoms with Crippen LogP contribution in [-0.2, 0) is 0 Å². The summed E-state index contributed by atoms with van der Waals surface area (Å²) in [5.74, 6) is 0. The molecule has 0 aromatic heterocycles. The molecule has 1 rings (SSSR count). The molecule has 0 saturated carbocycles. The first-order chi connectivity index (χ1) is 7.08. The number of amides is 2. The van der Waals surface area contributed by atoms with E-state index in [1.54, 1.807) is 24.3 Å². The summed E-state index contributed by atoms with van der Waals surface area (Å²) in [5, 5.41) is 3.68. The van der Waals surface area contributed by atoms with Gasteiger partial charge < -0.3 is 11.1 Å². The van der Waals surface area contributed by atoms with Gasteiger partial charge in [-0.15, -0.1) is 0 Å². The number of benzene rings is 1. The molecule has 0 atom stereocenters. The van der Waals surface area contributed by atoms with Gasteiger partial charge in [-0.05, 0) is 36.5 Å². The molecule has 5 N–H and O–H groups in total. The van der Waals surface area contributed by atoms with Crippen LogP contribution in [-0.4, -0.2) is 11.1 Å². The summed E-state index contributed by atoms with van der Waals surface area (Å²) in [5.41, 5.74) is 10.1. The number of carbonyl (C=O) groups excluding carboxylic acids is 1. The number of carbonyl (C=O) groups is 1. The van der Waals surface area contributed by atoms with Gasteiger partial charge in [-0.25, -0.2) is 10.2 Å². The Morgan fingerprint density at radius 2 is 1.87 bits per heavy atom. The lowest BCUT2D eigenvalue weighted by molar-refractivity contribution is 0.247. The minimum atomic E-state index is -0.713. The van der Waals surface area contributed by atoms with E-state index in [1.165, 1.54) is 0 Å². The normalized spacial score (nSPS) is 9.13. The van der Waals surface area contributed by atoms with Gasteiger partial charge in [0.25, 0.3) is 0 Å². The first-order valence-electron chi connectivity index (χ1n) is 3.96. The molecule has 80 valence electrons. The minimum absolute atomic E-state index is 0.233. The Balaban J connectivity index is 2.44. The molecule has 7 heteroatoms. The van der Waals surface area contributed by atoms with E-state index in [-0.39, 0.29) is 5.11 Å². The van der Waals surface area contributed by atoms with Crippen molar-refractivity contribution in [2.24, 2.45) is 5.73 Å². The average Bonchev–Trinajstić information content (AvgIpc) is 2.19. The van der Waals surface area contributed by atoms with Gasteiger partial charge in [0.1, 0.15) is 0 Å². The highest BCUT2D eigenvalue weighted by molar-refractivity contribution is 7.80. The first kappa shape index (κ1) is 11.5. The van der Waals surface area contributed by atoms with Gasteiger partial charge in [0.05, 0.1) is 0 Å². The van der Waals surface area contributed by atoms with Crippen molar-refractivity contribution in [2.45, 2.75) is 0 Å². The number of halogens is 1. The molecule has 0 aliphatic rings. The number of primary amides is 1. The molecule has 0 bridgehead atoms. The summed E-state index contributed by atoms with van der Waals surface area (Å²) in [6.07, 6.45) is 0. The van der Waals surface area contributed by atoms with Crippen molar-refractivity contribution >= 4 is 40.6 Å². The molecule has 2 amide bonds. The highest BCUT2D eigenvalue weighted by Gasteiger charge is 1.97. The zero-order valence-corrected chi connectivity index (χ0v) is 9.15. The average molecular weight is 245 g/mol. The van der Waals surface area contributed by atoms with E-state index in [1.807, 2.05) is 0 Å². The Bertz CT molecular complexity index is 367. The summed E-state index contributed by atoms with van der Waals surface area (Å²) in [6, 6.07) is 6.22. The van der Waals surface area contributed by atoms with Crippen molar-refractivity contribution in [1.82, 2.24) is 10.9 Å². The molecule has 1 aromatic rings. The molecular formula is C8H9ClN4OS. The monoisotopic (exact) mass is 244 g/mol. The number of hydrogen-bond acceptors (Lipinski definition) is 2. The molecule has 1 aromatic carbocycles. The lowest BCUT2D eigenvalue weighted by Crippen LogP contribution is -2.46. The summed E-state index contributed by atoms with van der Waals surface area (Å²) in [7, 11) is 0. The lowest BCUT2D eigenvalue weighted by Gasteiger charge is -2.09. The fraction of sp³-hybridized carbons (Fsp3) is 0. The second kappa shape index (κ2) is 5.38. The summed E-state index contributed by atoms with van der Waals surface area (Å²) in [4.78, 5) is 10.3. The second-order valence-electron chi connectivity index (χ2n) is 2.58. The molecule has 0 spiro atoms. The Labute approximate surface area is 96.9 Å². The molecule has 0 aliphatic carbocycles. The molecular weight excluding hydrogens is 236 g/mol.